The number of hydrogen-bond donors (Lipinski definition) is 0. The van der Waals surface area contributed by atoms with Gasteiger partial charge in [-0.1, -0.05) is 12.1 Å². The third-order valence-electron chi connectivity index (χ3n) is 10.9. The summed E-state index contributed by atoms with van der Waals surface area (Å²) in [7, 11) is 0. The van der Waals surface area contributed by atoms with Gasteiger partial charge in [-0.05, 0) is 62.6 Å². The average Bonchev–Trinajstić information content (AvgIpc) is 3.24. The molecule has 5 aromatic rings. The number of alkyl halides is 9. The molecule has 0 bridgehead atoms. The van der Waals surface area contributed by atoms with Crippen molar-refractivity contribution in [3.8, 4) is 0 Å². The van der Waals surface area contributed by atoms with Gasteiger partial charge in [-0.15, -0.1) is 0 Å². The van der Waals surface area contributed by atoms with Crippen molar-refractivity contribution in [1.82, 2.24) is 0 Å². The first-order valence-corrected chi connectivity index (χ1v) is 18.6. The van der Waals surface area contributed by atoms with E-state index in [1.165, 1.54) is 0 Å². The Morgan fingerprint density at radius 2 is 0.662 bits per heavy atom. The minimum atomic E-state index is -6.20. The normalized spacial score (nSPS) is 15.9. The molecule has 0 saturated heterocycles. The number of halogens is 25. The molecule has 0 aliphatic heterocycles. The molecule has 1 aliphatic rings. The Morgan fingerprint density at radius 1 is 0.382 bits per heavy atom. The lowest BCUT2D eigenvalue weighted by molar-refractivity contribution is -0.144. The summed E-state index contributed by atoms with van der Waals surface area (Å²) < 4.78 is 362. The molecule has 0 amide bonds. The van der Waals surface area contributed by atoms with Gasteiger partial charge >= 0.3 is 18.5 Å². The molecule has 0 aromatic heterocycles. The fourth-order valence-electron chi connectivity index (χ4n) is 7.72. The van der Waals surface area contributed by atoms with Crippen molar-refractivity contribution in [3.63, 3.8) is 0 Å². The number of anilines is 5. The van der Waals surface area contributed by atoms with Gasteiger partial charge in [0, 0.05) is 17.3 Å². The highest BCUT2D eigenvalue weighted by atomic mass is 19.4. The molecule has 1 aliphatic carbocycles. The van der Waals surface area contributed by atoms with Crippen LogP contribution in [-0.2, 0) is 24.9 Å². The van der Waals surface area contributed by atoms with E-state index in [9.17, 15) is 74.6 Å². The van der Waals surface area contributed by atoms with Crippen molar-refractivity contribution in [1.29, 1.82) is 0 Å². The molecule has 1 saturated carbocycles. The molecule has 1 fully saturated rings. The van der Waals surface area contributed by atoms with Crippen molar-refractivity contribution in [3.05, 3.63) is 145 Å². The van der Waals surface area contributed by atoms with E-state index in [1.807, 2.05) is 0 Å². The zero-order valence-corrected chi connectivity index (χ0v) is 32.8. The summed E-state index contributed by atoms with van der Waals surface area (Å²) in [5.74, 6) is -48.0. The largest absolute Gasteiger partial charge is 0.422 e. The first-order valence-electron chi connectivity index (χ1n) is 18.6. The van der Waals surface area contributed by atoms with E-state index in [1.54, 1.807) is 0 Å². The summed E-state index contributed by atoms with van der Waals surface area (Å²) >= 11 is 0. The zero-order chi connectivity index (χ0) is 51.2. The maximum atomic E-state index is 15.4. The first kappa shape index (κ1) is 51.3. The van der Waals surface area contributed by atoms with Crippen LogP contribution in [0.3, 0.4) is 0 Å². The van der Waals surface area contributed by atoms with Gasteiger partial charge < -0.3 is 4.90 Å². The maximum Gasteiger partial charge on any atom is 0.422 e. The van der Waals surface area contributed by atoms with Gasteiger partial charge in [0.1, 0.15) is 39.4 Å². The smallest absolute Gasteiger partial charge is 0.328 e. The lowest BCUT2D eigenvalue weighted by atomic mass is 9.81. The summed E-state index contributed by atoms with van der Waals surface area (Å²) in [4.78, 5) is -1.15. The van der Waals surface area contributed by atoms with E-state index in [0.717, 1.165) is 12.1 Å². The second kappa shape index (κ2) is 17.8. The van der Waals surface area contributed by atoms with Crippen molar-refractivity contribution < 1.29 is 110 Å². The molecule has 68 heavy (non-hydrogen) atoms. The maximum absolute atomic E-state index is 15.4. The Morgan fingerprint density at radius 3 is 0.956 bits per heavy atom. The number of rotatable bonds is 8. The lowest BCUT2D eigenvalue weighted by Gasteiger charge is -2.39. The average molecular weight is 1010 g/mol. The zero-order valence-electron chi connectivity index (χ0n) is 32.8. The van der Waals surface area contributed by atoms with Crippen LogP contribution in [0, 0.1) is 106 Å². The second-order valence-corrected chi connectivity index (χ2v) is 14.9. The van der Waals surface area contributed by atoms with Crippen molar-refractivity contribution in [2.24, 2.45) is 5.92 Å². The van der Waals surface area contributed by atoms with Crippen molar-refractivity contribution >= 4 is 28.4 Å². The van der Waals surface area contributed by atoms with Gasteiger partial charge in [-0.3, -0.25) is 4.90 Å². The molecule has 5 aromatic carbocycles. The van der Waals surface area contributed by atoms with Gasteiger partial charge in [0.2, 0.25) is 0 Å². The Bertz CT molecular complexity index is 2620. The van der Waals surface area contributed by atoms with E-state index in [0.29, 0.717) is 19.1 Å². The van der Waals surface area contributed by atoms with Crippen LogP contribution in [0.4, 0.5) is 138 Å². The summed E-state index contributed by atoms with van der Waals surface area (Å²) in [6.45, 7) is 0.471. The van der Waals surface area contributed by atoms with E-state index in [4.69, 9.17) is 0 Å². The Labute approximate surface area is 362 Å². The Hall–Kier alpha value is -6.05. The number of hydrogen-bond acceptors (Lipinski definition) is 2. The molecule has 0 atom stereocenters. The van der Waals surface area contributed by atoms with Gasteiger partial charge in [-0.2, -0.15) is 39.5 Å². The van der Waals surface area contributed by atoms with Gasteiger partial charge in [0.15, 0.2) is 93.1 Å². The quantitative estimate of drug-likeness (QED) is 0.113. The van der Waals surface area contributed by atoms with Crippen LogP contribution in [0.15, 0.2) is 24.3 Å². The molecule has 0 N–H and O–H groups in total. The van der Waals surface area contributed by atoms with Crippen LogP contribution < -0.4 is 9.80 Å². The monoisotopic (exact) mass is 1010 g/mol. The summed E-state index contributed by atoms with van der Waals surface area (Å²) in [5, 5.41) is 0. The topological polar surface area (TPSA) is 6.48 Å². The number of nitrogens with zero attached hydrogens (tertiary/aromatic N) is 2. The molecular weight excluding hydrogens is 995 g/mol. The Kier molecular flexibility index (Phi) is 13.4. The molecular formula is C41H19F25N2. The van der Waals surface area contributed by atoms with Gasteiger partial charge in [0.25, 0.3) is 0 Å². The lowest BCUT2D eigenvalue weighted by Crippen LogP contribution is -2.38. The molecule has 27 heteroatoms. The van der Waals surface area contributed by atoms with Crippen LogP contribution in [-0.4, -0.2) is 6.04 Å². The fourth-order valence-corrected chi connectivity index (χ4v) is 7.72. The highest BCUT2D eigenvalue weighted by molar-refractivity contribution is 5.79. The molecule has 0 radical (unpaired) electrons. The van der Waals surface area contributed by atoms with E-state index in [-0.39, 0.29) is 12.0 Å². The highest BCUT2D eigenvalue weighted by Gasteiger charge is 2.49. The molecule has 6 rings (SSSR count). The van der Waals surface area contributed by atoms with Crippen LogP contribution in [0.1, 0.15) is 53.5 Å². The van der Waals surface area contributed by atoms with Crippen LogP contribution >= 0.6 is 0 Å². The minimum Gasteiger partial charge on any atom is -0.328 e. The van der Waals surface area contributed by atoms with Crippen LogP contribution in [0.25, 0.3) is 0 Å². The van der Waals surface area contributed by atoms with E-state index < -0.39 is 210 Å². The summed E-state index contributed by atoms with van der Waals surface area (Å²) in [6, 6.07) is 0.808. The summed E-state index contributed by atoms with van der Waals surface area (Å²) in [6.07, 6.45) is -21.4. The van der Waals surface area contributed by atoms with Crippen LogP contribution in [0.5, 0.6) is 0 Å². The first-order chi connectivity index (χ1) is 31.3. The van der Waals surface area contributed by atoms with Crippen molar-refractivity contribution in [2.45, 2.75) is 63.6 Å². The second-order valence-electron chi connectivity index (χ2n) is 14.9. The molecule has 0 unspecified atom stereocenters. The molecule has 2 nitrogen and oxygen atoms in total. The third-order valence-corrected chi connectivity index (χ3v) is 10.9. The van der Waals surface area contributed by atoms with E-state index >= 15 is 35.1 Å². The molecule has 368 valence electrons. The predicted octanol–water partition coefficient (Wildman–Crippen LogP) is 15.7. The number of benzene rings is 5. The van der Waals surface area contributed by atoms with Gasteiger partial charge in [0.05, 0.1) is 0 Å². The SMILES string of the molecule is Cc1c(F)c(F)c(N(c2ccc(CC3CCC(N(c4c(F)c(F)c(C(F)(F)F)c(F)c4F)c4c(F)c(F)c(C(F)(F)F)c(F)c4F)CC3)cc2)c2c(F)c(F)c(C(F)(F)F)c(F)c2F)c(F)c1F. The van der Waals surface area contributed by atoms with Crippen molar-refractivity contribution in [2.75, 3.05) is 9.80 Å². The standard InChI is InChI=1S/C41H19F25N2/c1-11-19(42)27(50)35(28(51)20(11)43)67(36-29(52)21(44)16(39(58,59)60)22(45)30(36)53)14-6-2-12(3-7-14)10-13-4-8-15(9-5-13)68(37-31(54)23(46)17(40(61,62)63)24(47)32(37)55)38-33(56)25(48)18(41(64,65)66)26(49)34(38)57/h2-3,6-7,13,15H,4-5,8-10H2,1H3. The fraction of sp³-hybridized carbons (Fsp3) is 0.268. The minimum absolute atomic E-state index is 0.0186. The van der Waals surface area contributed by atoms with Gasteiger partial charge in [-0.25, -0.2) is 70.2 Å². The summed E-state index contributed by atoms with van der Waals surface area (Å²) in [5.41, 5.74) is -21.6. The Balaban J connectivity index is 1.40. The van der Waals surface area contributed by atoms with Crippen LogP contribution in [0.2, 0.25) is 0 Å². The molecule has 0 heterocycles. The molecule has 0 spiro atoms. The predicted molar refractivity (Wildman–Crippen MR) is 185 cm³/mol. The highest BCUT2D eigenvalue weighted by Crippen LogP contribution is 2.50. The third kappa shape index (κ3) is 8.57. The van der Waals surface area contributed by atoms with E-state index in [2.05, 4.69) is 0 Å².